The lowest BCUT2D eigenvalue weighted by Gasteiger charge is -2.26. The average molecular weight is 590 g/mol. The van der Waals surface area contributed by atoms with Gasteiger partial charge in [0.05, 0.1) is 44.1 Å². The first-order valence-corrected chi connectivity index (χ1v) is 14.4. The summed E-state index contributed by atoms with van der Waals surface area (Å²) in [5, 5.41) is 4.49. The molecule has 0 spiro atoms. The molecule has 0 radical (unpaired) electrons. The van der Waals surface area contributed by atoms with Gasteiger partial charge >= 0.3 is 0 Å². The van der Waals surface area contributed by atoms with Gasteiger partial charge in [-0.2, -0.15) is 5.10 Å². The summed E-state index contributed by atoms with van der Waals surface area (Å²) >= 11 is 0. The van der Waals surface area contributed by atoms with Gasteiger partial charge in [0.25, 0.3) is 5.91 Å². The van der Waals surface area contributed by atoms with Crippen LogP contribution in [0.2, 0.25) is 0 Å². The number of pyridine rings is 1. The van der Waals surface area contributed by atoms with E-state index in [0.717, 1.165) is 33.9 Å². The van der Waals surface area contributed by atoms with E-state index >= 15 is 0 Å². The van der Waals surface area contributed by atoms with Crippen molar-refractivity contribution in [3.8, 4) is 11.5 Å². The Morgan fingerprint density at radius 3 is 2.23 bits per heavy atom. The maximum Gasteiger partial charge on any atom is 0.258 e. The number of nitrogens with zero attached hydrogens (tertiary/aromatic N) is 5. The van der Waals surface area contributed by atoms with Gasteiger partial charge in [0.1, 0.15) is 17.3 Å². The van der Waals surface area contributed by atoms with Gasteiger partial charge in [-0.05, 0) is 65.2 Å². The summed E-state index contributed by atoms with van der Waals surface area (Å²) in [6.45, 7) is 8.94. The normalized spacial score (nSPS) is 16.1. The molecule has 44 heavy (non-hydrogen) atoms. The number of benzene rings is 3. The molecule has 222 valence electrons. The van der Waals surface area contributed by atoms with Crippen molar-refractivity contribution in [1.82, 2.24) is 14.5 Å². The third kappa shape index (κ3) is 5.92. The number of carbonyl (C=O) groups is 1. The van der Waals surface area contributed by atoms with Crippen molar-refractivity contribution in [2.24, 2.45) is 0 Å². The van der Waals surface area contributed by atoms with Gasteiger partial charge in [0, 0.05) is 31.4 Å². The summed E-state index contributed by atoms with van der Waals surface area (Å²) in [6.07, 6.45) is 4.03. The predicted octanol–water partition coefficient (Wildman–Crippen LogP) is 6.57. The van der Waals surface area contributed by atoms with Crippen LogP contribution in [0, 0.1) is 12.4 Å². The Morgan fingerprint density at radius 2 is 1.64 bits per heavy atom. The summed E-state index contributed by atoms with van der Waals surface area (Å²) in [6, 6.07) is 25.4. The number of halogens is 1. The molecule has 1 saturated heterocycles. The van der Waals surface area contributed by atoms with E-state index in [9.17, 15) is 9.18 Å². The Bertz CT molecular complexity index is 1760. The second-order valence-corrected chi connectivity index (χ2v) is 10.9. The number of amides is 1. The first-order chi connectivity index (χ1) is 21.4. The summed E-state index contributed by atoms with van der Waals surface area (Å²) in [5.41, 5.74) is 4.73. The highest BCUT2D eigenvalue weighted by Gasteiger charge is 2.37. The minimum absolute atomic E-state index is 0.157. The van der Waals surface area contributed by atoms with Crippen LogP contribution in [0.3, 0.4) is 0 Å². The third-order valence-corrected chi connectivity index (χ3v) is 8.11. The molecule has 5 aromatic rings. The van der Waals surface area contributed by atoms with Crippen molar-refractivity contribution in [1.29, 1.82) is 0 Å². The lowest BCUT2D eigenvalue weighted by atomic mass is 10.0. The fourth-order valence-electron chi connectivity index (χ4n) is 5.81. The minimum atomic E-state index is -0.304. The monoisotopic (exact) mass is 589 g/mol. The molecule has 1 fully saturated rings. The largest absolute Gasteiger partial charge is 0.497 e. The molecule has 2 atom stereocenters. The molecule has 8 nitrogen and oxygen atoms in total. The number of aromatic nitrogens is 2. The maximum absolute atomic E-state index is 14.3. The Morgan fingerprint density at radius 1 is 0.977 bits per heavy atom. The summed E-state index contributed by atoms with van der Waals surface area (Å²) < 4.78 is 26.5. The molecule has 3 heterocycles. The smallest absolute Gasteiger partial charge is 0.258 e. The van der Waals surface area contributed by atoms with Crippen LogP contribution in [-0.2, 0) is 13.1 Å². The van der Waals surface area contributed by atoms with Gasteiger partial charge in [-0.15, -0.1) is 0 Å². The van der Waals surface area contributed by atoms with E-state index in [1.807, 2.05) is 72.9 Å². The van der Waals surface area contributed by atoms with Crippen molar-refractivity contribution in [2.45, 2.75) is 31.6 Å². The van der Waals surface area contributed by atoms with Crippen LogP contribution in [0.4, 0.5) is 10.1 Å². The van der Waals surface area contributed by atoms with E-state index in [-0.39, 0.29) is 23.8 Å². The number of carbonyl (C=O) groups excluding carboxylic acids is 1. The molecule has 0 N–H and O–H groups in total. The third-order valence-electron chi connectivity index (χ3n) is 8.11. The summed E-state index contributed by atoms with van der Waals surface area (Å²) in [7, 11) is 3.25. The van der Waals surface area contributed by atoms with Gasteiger partial charge in [-0.3, -0.25) is 4.79 Å². The molecule has 1 aliphatic rings. The molecular formula is C35H32FN5O3. The van der Waals surface area contributed by atoms with Crippen LogP contribution in [0.15, 0.2) is 97.3 Å². The van der Waals surface area contributed by atoms with Crippen molar-refractivity contribution >= 4 is 17.1 Å². The van der Waals surface area contributed by atoms with E-state index < -0.39 is 0 Å². The minimum Gasteiger partial charge on any atom is -0.497 e. The summed E-state index contributed by atoms with van der Waals surface area (Å²) in [4.78, 5) is 22.0. The highest BCUT2D eigenvalue weighted by atomic mass is 19.1. The van der Waals surface area contributed by atoms with Crippen molar-refractivity contribution in [3.05, 3.63) is 137 Å². The van der Waals surface area contributed by atoms with Crippen LogP contribution in [0.25, 0.3) is 10.4 Å². The molecule has 1 amide bonds. The zero-order chi connectivity index (χ0) is 30.6. The topological polar surface area (TPSA) is 63.7 Å². The summed E-state index contributed by atoms with van der Waals surface area (Å²) in [5.74, 6) is 1.03. The van der Waals surface area contributed by atoms with E-state index in [1.54, 1.807) is 35.9 Å². The first-order valence-electron chi connectivity index (χ1n) is 14.4. The zero-order valence-corrected chi connectivity index (χ0v) is 24.6. The van der Waals surface area contributed by atoms with Crippen molar-refractivity contribution in [2.75, 3.05) is 25.7 Å². The second kappa shape index (κ2) is 12.5. The second-order valence-electron chi connectivity index (χ2n) is 10.9. The molecule has 9 heteroatoms. The van der Waals surface area contributed by atoms with E-state index in [0.29, 0.717) is 37.1 Å². The Hall–Kier alpha value is -5.36. The van der Waals surface area contributed by atoms with E-state index in [4.69, 9.17) is 16.0 Å². The van der Waals surface area contributed by atoms with Gasteiger partial charge in [0.2, 0.25) is 6.04 Å². The fraction of sp³-hybridized carbons (Fsp3) is 0.229. The highest BCUT2D eigenvalue weighted by Crippen LogP contribution is 2.38. The SMILES string of the molecule is [C-]#[N+][C@H]1C[C@H](c2cccc(F)c2)N(c2ccn3ncc(C(=O)N(Cc4ccc(OC)cc4)Cc4ccc(OC)cc4)c3c2)C1. The highest BCUT2D eigenvalue weighted by molar-refractivity contribution is 6.01. The predicted molar refractivity (Wildman–Crippen MR) is 166 cm³/mol. The van der Waals surface area contributed by atoms with Gasteiger partial charge < -0.3 is 24.1 Å². The number of hydrogen-bond donors (Lipinski definition) is 0. The van der Waals surface area contributed by atoms with Crippen LogP contribution < -0.4 is 14.4 Å². The van der Waals surface area contributed by atoms with E-state index in [1.165, 1.54) is 12.1 Å². The molecule has 6 rings (SSSR count). The van der Waals surface area contributed by atoms with Gasteiger partial charge in [-0.1, -0.05) is 36.4 Å². The standard InChI is InChI=1S/C35H32FN5O3/c1-37-28-18-33(26-5-4-6-27(36)17-26)40(23-28)29-15-16-41-34(19-29)32(20-38-41)35(42)39(21-24-7-11-30(43-2)12-8-24)22-25-9-13-31(44-3)14-10-25/h4-17,19-20,28,33H,18,21-23H2,2-3H3/t28-,33+/m0/s1. The molecule has 0 saturated carbocycles. The number of anilines is 1. The number of rotatable bonds is 9. The maximum atomic E-state index is 14.3. The van der Waals surface area contributed by atoms with E-state index in [2.05, 4.69) is 14.8 Å². The van der Waals surface area contributed by atoms with Crippen LogP contribution in [-0.4, -0.2) is 47.2 Å². The number of hydrogen-bond acceptors (Lipinski definition) is 5. The Labute approximate surface area is 255 Å². The van der Waals surface area contributed by atoms with Gasteiger partial charge in [-0.25, -0.2) is 15.5 Å². The van der Waals surface area contributed by atoms with Crippen molar-refractivity contribution < 1.29 is 18.7 Å². The van der Waals surface area contributed by atoms with Gasteiger partial charge in [0.15, 0.2) is 0 Å². The molecular weight excluding hydrogens is 557 g/mol. The van der Waals surface area contributed by atoms with Crippen molar-refractivity contribution in [3.63, 3.8) is 0 Å². The fourth-order valence-corrected chi connectivity index (χ4v) is 5.81. The van der Waals surface area contributed by atoms with Crippen LogP contribution >= 0.6 is 0 Å². The average Bonchev–Trinajstić information content (AvgIpc) is 3.69. The quantitative estimate of drug-likeness (QED) is 0.182. The number of ether oxygens (including phenoxy) is 2. The first kappa shape index (κ1) is 28.7. The zero-order valence-electron chi connectivity index (χ0n) is 24.6. The molecule has 3 aromatic carbocycles. The Kier molecular flexibility index (Phi) is 8.15. The Balaban J connectivity index is 1.34. The molecule has 0 bridgehead atoms. The van der Waals surface area contributed by atoms with Crippen LogP contribution in [0.1, 0.15) is 39.5 Å². The lowest BCUT2D eigenvalue weighted by molar-refractivity contribution is 0.0732. The number of methoxy groups -OCH3 is 2. The van der Waals surface area contributed by atoms with Crippen LogP contribution in [0.5, 0.6) is 11.5 Å². The number of fused-ring (bicyclic) bond motifs is 1. The lowest BCUT2D eigenvalue weighted by Crippen LogP contribution is -2.30. The molecule has 0 aliphatic carbocycles. The molecule has 2 aromatic heterocycles. The molecule has 0 unspecified atom stereocenters. The molecule has 1 aliphatic heterocycles.